The van der Waals surface area contributed by atoms with Gasteiger partial charge in [-0.25, -0.2) is 4.79 Å². The number of aryl methyl sites for hydroxylation is 2. The van der Waals surface area contributed by atoms with E-state index in [1.54, 1.807) is 13.1 Å². The third-order valence-electron chi connectivity index (χ3n) is 4.77. The molecule has 5 nitrogen and oxygen atoms in total. The van der Waals surface area contributed by atoms with E-state index in [2.05, 4.69) is 6.07 Å². The summed E-state index contributed by atoms with van der Waals surface area (Å²) in [6.07, 6.45) is 5.22. The predicted octanol–water partition coefficient (Wildman–Crippen LogP) is 3.46. The Bertz CT molecular complexity index is 654. The molecule has 1 aromatic heterocycles. The average Bonchev–Trinajstić information content (AvgIpc) is 3.00. The van der Waals surface area contributed by atoms with Crippen LogP contribution in [0.1, 0.15) is 59.1 Å². The summed E-state index contributed by atoms with van der Waals surface area (Å²) >= 11 is 1.41. The van der Waals surface area contributed by atoms with Gasteiger partial charge in [-0.15, -0.1) is 11.3 Å². The number of hydrogen-bond donors (Lipinski definition) is 0. The zero-order valence-electron chi connectivity index (χ0n) is 14.6. The normalized spacial score (nSPS) is 16.2. The Hall–Kier alpha value is -1.87. The van der Waals surface area contributed by atoms with E-state index < -0.39 is 11.5 Å². The fraction of sp³-hybridized carbons (Fsp3) is 0.611. The number of likely N-dealkylation sites (N-methyl/N-ethyl adjacent to an activating group) is 1. The van der Waals surface area contributed by atoms with Gasteiger partial charge in [-0.1, -0.05) is 26.2 Å². The lowest BCUT2D eigenvalue weighted by atomic mass is 9.81. The van der Waals surface area contributed by atoms with E-state index in [4.69, 9.17) is 4.74 Å². The summed E-state index contributed by atoms with van der Waals surface area (Å²) in [4.78, 5) is 27.6. The number of thiophene rings is 1. The summed E-state index contributed by atoms with van der Waals surface area (Å²) in [5.74, 6) is -0.796. The standard InChI is InChI=1S/C18H24N2O3S/c1-4-14-13(2)10-15(24-14)17(22)23-11-16(21)20(3)18(12-19)8-6-5-7-9-18/h10H,4-9,11H2,1-3H3. The molecular weight excluding hydrogens is 324 g/mol. The Kier molecular flexibility index (Phi) is 6.00. The Morgan fingerprint density at radius 1 is 1.38 bits per heavy atom. The highest BCUT2D eigenvalue weighted by Crippen LogP contribution is 2.32. The van der Waals surface area contributed by atoms with Crippen LogP contribution >= 0.6 is 11.3 Å². The molecule has 0 aliphatic heterocycles. The molecule has 1 aliphatic carbocycles. The second kappa shape index (κ2) is 7.80. The van der Waals surface area contributed by atoms with Crippen molar-refractivity contribution < 1.29 is 14.3 Å². The van der Waals surface area contributed by atoms with Gasteiger partial charge in [-0.05, 0) is 37.8 Å². The van der Waals surface area contributed by atoms with Gasteiger partial charge in [-0.3, -0.25) is 4.79 Å². The summed E-state index contributed by atoms with van der Waals surface area (Å²) in [5, 5.41) is 9.53. The highest BCUT2D eigenvalue weighted by atomic mass is 32.1. The molecule has 0 aromatic carbocycles. The van der Waals surface area contributed by atoms with Crippen molar-refractivity contribution in [1.29, 1.82) is 5.26 Å². The van der Waals surface area contributed by atoms with Gasteiger partial charge in [-0.2, -0.15) is 5.26 Å². The van der Waals surface area contributed by atoms with Crippen molar-refractivity contribution in [2.24, 2.45) is 0 Å². The minimum absolute atomic E-state index is 0.322. The molecule has 24 heavy (non-hydrogen) atoms. The van der Waals surface area contributed by atoms with Crippen LogP contribution in [-0.2, 0) is 16.0 Å². The number of ether oxygens (including phenoxy) is 1. The summed E-state index contributed by atoms with van der Waals surface area (Å²) in [6.45, 7) is 3.68. The minimum atomic E-state index is -0.753. The lowest BCUT2D eigenvalue weighted by Crippen LogP contribution is -2.51. The number of esters is 1. The molecule has 2 rings (SSSR count). The molecule has 1 amide bonds. The first-order valence-electron chi connectivity index (χ1n) is 8.38. The fourth-order valence-corrected chi connectivity index (χ4v) is 4.17. The van der Waals surface area contributed by atoms with Gasteiger partial charge < -0.3 is 9.64 Å². The SMILES string of the molecule is CCc1sc(C(=O)OCC(=O)N(C)C2(C#N)CCCCC2)cc1C. The molecule has 0 bridgehead atoms. The molecule has 0 radical (unpaired) electrons. The number of carbonyl (C=O) groups excluding carboxylic acids is 2. The number of nitriles is 1. The highest BCUT2D eigenvalue weighted by Gasteiger charge is 2.39. The topological polar surface area (TPSA) is 70.4 Å². The van der Waals surface area contributed by atoms with Crippen LogP contribution < -0.4 is 0 Å². The van der Waals surface area contributed by atoms with E-state index in [0.717, 1.165) is 36.1 Å². The maximum Gasteiger partial charge on any atom is 0.348 e. The summed E-state index contributed by atoms with van der Waals surface area (Å²) in [7, 11) is 1.63. The van der Waals surface area contributed by atoms with Gasteiger partial charge in [0.25, 0.3) is 5.91 Å². The van der Waals surface area contributed by atoms with Crippen molar-refractivity contribution in [1.82, 2.24) is 4.90 Å². The van der Waals surface area contributed by atoms with Crippen LogP contribution in [0.15, 0.2) is 6.07 Å². The molecule has 0 spiro atoms. The maximum atomic E-state index is 12.4. The third kappa shape index (κ3) is 3.78. The quantitative estimate of drug-likeness (QED) is 0.764. The molecule has 130 valence electrons. The lowest BCUT2D eigenvalue weighted by Gasteiger charge is -2.38. The van der Waals surface area contributed by atoms with Crippen LogP contribution in [0, 0.1) is 18.3 Å². The van der Waals surface area contributed by atoms with E-state index >= 15 is 0 Å². The molecule has 1 fully saturated rings. The Morgan fingerprint density at radius 3 is 2.58 bits per heavy atom. The van der Waals surface area contributed by atoms with E-state index in [9.17, 15) is 14.9 Å². The molecule has 0 N–H and O–H groups in total. The molecular formula is C18H24N2O3S. The number of amides is 1. The molecule has 0 saturated heterocycles. The highest BCUT2D eigenvalue weighted by molar-refractivity contribution is 7.14. The number of rotatable bonds is 5. The second-order valence-corrected chi connectivity index (χ2v) is 7.44. The zero-order chi connectivity index (χ0) is 17.7. The summed E-state index contributed by atoms with van der Waals surface area (Å²) < 4.78 is 5.18. The van der Waals surface area contributed by atoms with E-state index in [0.29, 0.717) is 17.7 Å². The first kappa shape index (κ1) is 18.5. The van der Waals surface area contributed by atoms with Gasteiger partial charge in [0.15, 0.2) is 6.61 Å². The Balaban J connectivity index is 1.96. The molecule has 1 saturated carbocycles. The number of hydrogen-bond acceptors (Lipinski definition) is 5. The van der Waals surface area contributed by atoms with Crippen molar-refractivity contribution in [3.05, 3.63) is 21.4 Å². The maximum absolute atomic E-state index is 12.4. The van der Waals surface area contributed by atoms with Crippen molar-refractivity contribution in [2.75, 3.05) is 13.7 Å². The van der Waals surface area contributed by atoms with Crippen LogP contribution in [0.25, 0.3) is 0 Å². The van der Waals surface area contributed by atoms with Gasteiger partial charge in [0.1, 0.15) is 10.4 Å². The molecule has 0 atom stereocenters. The second-order valence-electron chi connectivity index (χ2n) is 6.30. The molecule has 6 heteroatoms. The molecule has 1 aliphatic rings. The zero-order valence-corrected chi connectivity index (χ0v) is 15.4. The molecule has 0 unspecified atom stereocenters. The number of carbonyl (C=O) groups is 2. The average molecular weight is 348 g/mol. The fourth-order valence-electron chi connectivity index (χ4n) is 3.16. The Morgan fingerprint density at radius 2 is 2.04 bits per heavy atom. The summed E-state index contributed by atoms with van der Waals surface area (Å²) in [5.41, 5.74) is 0.319. The first-order valence-corrected chi connectivity index (χ1v) is 9.19. The predicted molar refractivity (Wildman–Crippen MR) is 92.9 cm³/mol. The summed E-state index contributed by atoms with van der Waals surface area (Å²) in [6, 6.07) is 4.11. The van der Waals surface area contributed by atoms with Crippen molar-refractivity contribution >= 4 is 23.2 Å². The third-order valence-corrected chi connectivity index (χ3v) is 6.14. The largest absolute Gasteiger partial charge is 0.451 e. The van der Waals surface area contributed by atoms with Gasteiger partial charge in [0.2, 0.25) is 0 Å². The van der Waals surface area contributed by atoms with Crippen LogP contribution in [0.3, 0.4) is 0 Å². The Labute approximate surface area is 147 Å². The first-order chi connectivity index (χ1) is 11.4. The monoisotopic (exact) mass is 348 g/mol. The van der Waals surface area contributed by atoms with Crippen LogP contribution in [-0.4, -0.2) is 36.0 Å². The molecule has 1 aromatic rings. The van der Waals surface area contributed by atoms with E-state index in [-0.39, 0.29) is 12.5 Å². The van der Waals surface area contributed by atoms with E-state index in [1.807, 2.05) is 13.8 Å². The molecule has 1 heterocycles. The van der Waals surface area contributed by atoms with Crippen molar-refractivity contribution in [2.45, 2.75) is 57.9 Å². The van der Waals surface area contributed by atoms with Gasteiger partial charge in [0.05, 0.1) is 6.07 Å². The van der Waals surface area contributed by atoms with E-state index in [1.165, 1.54) is 16.2 Å². The van der Waals surface area contributed by atoms with Gasteiger partial charge in [0, 0.05) is 11.9 Å². The van der Waals surface area contributed by atoms with Crippen LogP contribution in [0.5, 0.6) is 0 Å². The van der Waals surface area contributed by atoms with Crippen molar-refractivity contribution in [3.63, 3.8) is 0 Å². The minimum Gasteiger partial charge on any atom is -0.451 e. The number of nitrogens with zero attached hydrogens (tertiary/aromatic N) is 2. The smallest absolute Gasteiger partial charge is 0.348 e. The van der Waals surface area contributed by atoms with Crippen molar-refractivity contribution in [3.8, 4) is 6.07 Å². The van der Waals surface area contributed by atoms with Gasteiger partial charge >= 0.3 is 5.97 Å². The van der Waals surface area contributed by atoms with Crippen LogP contribution in [0.2, 0.25) is 0 Å². The van der Waals surface area contributed by atoms with Crippen LogP contribution in [0.4, 0.5) is 0 Å². The lowest BCUT2D eigenvalue weighted by molar-refractivity contribution is -0.138.